The van der Waals surface area contributed by atoms with E-state index in [1.807, 2.05) is 51.1 Å². The summed E-state index contributed by atoms with van der Waals surface area (Å²) in [6.45, 7) is 6.25. The third-order valence-electron chi connectivity index (χ3n) is 4.42. The van der Waals surface area contributed by atoms with Gasteiger partial charge in [0, 0.05) is 6.54 Å². The highest BCUT2D eigenvalue weighted by Crippen LogP contribution is 2.33. The standard InChI is InChI=1S/C22H23F3N2OS/c1-21(2,3)27-20(28)18(19(29-27)16-9-5-4-6-10-16)26-13-12-15-8-7-11-17(14-15)22(23,24)25/h4-11,14,26H,12-13H2,1-3H3. The predicted molar refractivity (Wildman–Crippen MR) is 113 cm³/mol. The molecule has 0 aliphatic heterocycles. The van der Waals surface area contributed by atoms with Crippen molar-refractivity contribution in [2.24, 2.45) is 0 Å². The summed E-state index contributed by atoms with van der Waals surface area (Å²) in [6, 6.07) is 14.9. The number of benzene rings is 2. The average molecular weight is 421 g/mol. The van der Waals surface area contributed by atoms with Crippen molar-refractivity contribution in [3.05, 3.63) is 76.1 Å². The molecule has 3 nitrogen and oxygen atoms in total. The van der Waals surface area contributed by atoms with Crippen LogP contribution in [-0.4, -0.2) is 10.5 Å². The molecule has 7 heteroatoms. The molecule has 0 spiro atoms. The molecule has 0 amide bonds. The number of nitrogens with one attached hydrogen (secondary N) is 1. The zero-order valence-electron chi connectivity index (χ0n) is 16.5. The van der Waals surface area contributed by atoms with Crippen LogP contribution in [0.2, 0.25) is 0 Å². The number of halogens is 3. The van der Waals surface area contributed by atoms with E-state index in [-0.39, 0.29) is 11.1 Å². The number of hydrogen-bond acceptors (Lipinski definition) is 3. The lowest BCUT2D eigenvalue weighted by Crippen LogP contribution is -2.30. The summed E-state index contributed by atoms with van der Waals surface area (Å²) in [7, 11) is 0. The Morgan fingerprint density at radius 3 is 2.31 bits per heavy atom. The lowest BCUT2D eigenvalue weighted by atomic mass is 10.1. The second kappa shape index (κ2) is 8.06. The molecule has 0 atom stereocenters. The molecule has 2 aromatic carbocycles. The molecule has 0 unspecified atom stereocenters. The molecule has 0 saturated heterocycles. The number of rotatable bonds is 5. The third kappa shape index (κ3) is 4.90. The van der Waals surface area contributed by atoms with Gasteiger partial charge in [0.05, 0.1) is 16.0 Å². The van der Waals surface area contributed by atoms with Crippen LogP contribution in [-0.2, 0) is 18.1 Å². The Hall–Kier alpha value is -2.54. The van der Waals surface area contributed by atoms with E-state index in [1.165, 1.54) is 17.6 Å². The maximum atomic E-state index is 13.0. The molecule has 0 aliphatic rings. The van der Waals surface area contributed by atoms with Crippen LogP contribution in [0.5, 0.6) is 0 Å². The number of aromatic nitrogens is 1. The molecule has 1 heterocycles. The molecule has 0 bridgehead atoms. The van der Waals surface area contributed by atoms with Gasteiger partial charge < -0.3 is 5.32 Å². The molecule has 29 heavy (non-hydrogen) atoms. The van der Waals surface area contributed by atoms with Crippen LogP contribution in [0.1, 0.15) is 31.9 Å². The zero-order valence-corrected chi connectivity index (χ0v) is 17.3. The van der Waals surface area contributed by atoms with Gasteiger partial charge in [-0.05, 0) is 44.4 Å². The molecule has 3 aromatic rings. The maximum Gasteiger partial charge on any atom is 0.416 e. The Morgan fingerprint density at radius 1 is 1.00 bits per heavy atom. The first-order valence-electron chi connectivity index (χ1n) is 9.29. The molecule has 1 N–H and O–H groups in total. The Labute approximate surface area is 172 Å². The Kier molecular flexibility index (Phi) is 5.89. The van der Waals surface area contributed by atoms with Crippen LogP contribution in [0.25, 0.3) is 10.4 Å². The summed E-state index contributed by atoms with van der Waals surface area (Å²) in [4.78, 5) is 13.8. The minimum absolute atomic E-state index is 0.120. The Morgan fingerprint density at radius 2 is 1.69 bits per heavy atom. The van der Waals surface area contributed by atoms with Crippen LogP contribution >= 0.6 is 11.5 Å². The van der Waals surface area contributed by atoms with Crippen molar-refractivity contribution in [3.63, 3.8) is 0 Å². The summed E-state index contributed by atoms with van der Waals surface area (Å²) in [5, 5.41) is 3.18. The zero-order chi connectivity index (χ0) is 21.2. The summed E-state index contributed by atoms with van der Waals surface area (Å²) in [6.07, 6.45) is -3.99. The van der Waals surface area contributed by atoms with Gasteiger partial charge in [0.2, 0.25) is 0 Å². The summed E-state index contributed by atoms with van der Waals surface area (Å²) in [5.74, 6) is 0. The quantitative estimate of drug-likeness (QED) is 0.549. The Balaban J connectivity index is 1.86. The summed E-state index contributed by atoms with van der Waals surface area (Å²) >= 11 is 1.39. The molecule has 3 rings (SSSR count). The Bertz CT molecular complexity index is 1030. The van der Waals surface area contributed by atoms with Gasteiger partial charge in [-0.1, -0.05) is 60.1 Å². The molecular weight excluding hydrogens is 397 g/mol. The van der Waals surface area contributed by atoms with E-state index in [1.54, 1.807) is 10.0 Å². The van der Waals surface area contributed by atoms with Crippen molar-refractivity contribution in [2.75, 3.05) is 11.9 Å². The van der Waals surface area contributed by atoms with Gasteiger partial charge in [-0.2, -0.15) is 13.2 Å². The van der Waals surface area contributed by atoms with Gasteiger partial charge in [0.15, 0.2) is 0 Å². The predicted octanol–water partition coefficient (Wildman–Crippen LogP) is 6.01. The lowest BCUT2D eigenvalue weighted by molar-refractivity contribution is -0.137. The maximum absolute atomic E-state index is 13.0. The lowest BCUT2D eigenvalue weighted by Gasteiger charge is -2.18. The van der Waals surface area contributed by atoms with Crippen molar-refractivity contribution in [1.82, 2.24) is 3.96 Å². The second-order valence-corrected chi connectivity index (χ2v) is 8.76. The molecule has 0 fully saturated rings. The van der Waals surface area contributed by atoms with Gasteiger partial charge in [-0.3, -0.25) is 8.75 Å². The van der Waals surface area contributed by atoms with Gasteiger partial charge >= 0.3 is 6.18 Å². The van der Waals surface area contributed by atoms with Crippen LogP contribution in [0, 0.1) is 0 Å². The molecule has 154 valence electrons. The van der Waals surface area contributed by atoms with E-state index in [2.05, 4.69) is 5.32 Å². The SMILES string of the molecule is CC(C)(C)n1sc(-c2ccccc2)c(NCCc2cccc(C(F)(F)F)c2)c1=O. The van der Waals surface area contributed by atoms with Gasteiger partial charge in [-0.25, -0.2) is 0 Å². The minimum atomic E-state index is -4.36. The summed E-state index contributed by atoms with van der Waals surface area (Å²) < 4.78 is 40.4. The van der Waals surface area contributed by atoms with E-state index in [0.29, 0.717) is 24.2 Å². The molecule has 0 aliphatic carbocycles. The first-order chi connectivity index (χ1) is 13.6. The highest BCUT2D eigenvalue weighted by atomic mass is 32.1. The van der Waals surface area contributed by atoms with E-state index in [4.69, 9.17) is 0 Å². The first kappa shape index (κ1) is 21.2. The first-order valence-corrected chi connectivity index (χ1v) is 10.1. The second-order valence-electron chi connectivity index (χ2n) is 7.81. The van der Waals surface area contributed by atoms with Crippen LogP contribution < -0.4 is 10.9 Å². The van der Waals surface area contributed by atoms with Crippen molar-refractivity contribution in [3.8, 4) is 10.4 Å². The van der Waals surface area contributed by atoms with Crippen molar-refractivity contribution >= 4 is 17.2 Å². The monoisotopic (exact) mass is 420 g/mol. The normalized spacial score (nSPS) is 12.2. The van der Waals surface area contributed by atoms with Crippen LogP contribution in [0.15, 0.2) is 59.4 Å². The van der Waals surface area contributed by atoms with Crippen molar-refractivity contribution in [1.29, 1.82) is 0 Å². The van der Waals surface area contributed by atoms with E-state index < -0.39 is 11.7 Å². The van der Waals surface area contributed by atoms with Crippen molar-refractivity contribution < 1.29 is 13.2 Å². The smallest absolute Gasteiger partial charge is 0.379 e. The van der Waals surface area contributed by atoms with E-state index in [0.717, 1.165) is 22.6 Å². The topological polar surface area (TPSA) is 34.0 Å². The highest BCUT2D eigenvalue weighted by molar-refractivity contribution is 7.11. The molecule has 0 saturated carbocycles. The van der Waals surface area contributed by atoms with Crippen LogP contribution in [0.4, 0.5) is 18.9 Å². The number of nitrogens with zero attached hydrogens (tertiary/aromatic N) is 1. The molecular formula is C22H23F3N2OS. The number of anilines is 1. The van der Waals surface area contributed by atoms with Crippen LogP contribution in [0.3, 0.4) is 0 Å². The fourth-order valence-corrected chi connectivity index (χ4v) is 4.12. The highest BCUT2D eigenvalue weighted by Gasteiger charge is 2.30. The van der Waals surface area contributed by atoms with Gasteiger partial charge in [0.1, 0.15) is 5.69 Å². The van der Waals surface area contributed by atoms with E-state index >= 15 is 0 Å². The minimum Gasteiger partial charge on any atom is -0.379 e. The molecule has 0 radical (unpaired) electrons. The fraction of sp³-hybridized carbons (Fsp3) is 0.318. The fourth-order valence-electron chi connectivity index (χ4n) is 3.00. The number of alkyl halides is 3. The largest absolute Gasteiger partial charge is 0.416 e. The van der Waals surface area contributed by atoms with E-state index in [9.17, 15) is 18.0 Å². The average Bonchev–Trinajstić information content (AvgIpc) is 2.99. The van der Waals surface area contributed by atoms with Crippen molar-refractivity contribution in [2.45, 2.75) is 38.9 Å². The molecule has 1 aromatic heterocycles. The van der Waals surface area contributed by atoms with Gasteiger partial charge in [-0.15, -0.1) is 0 Å². The number of hydrogen-bond donors (Lipinski definition) is 1. The third-order valence-corrected chi connectivity index (χ3v) is 5.94. The van der Waals surface area contributed by atoms with Gasteiger partial charge in [0.25, 0.3) is 5.56 Å². The summed E-state index contributed by atoms with van der Waals surface area (Å²) in [5.41, 5.74) is 0.838.